The second kappa shape index (κ2) is 6.08. The van der Waals surface area contributed by atoms with Crippen molar-refractivity contribution in [3.05, 3.63) is 29.8 Å². The van der Waals surface area contributed by atoms with Crippen LogP contribution in [0.3, 0.4) is 0 Å². The van der Waals surface area contributed by atoms with Crippen LogP contribution in [0.15, 0.2) is 24.3 Å². The molecule has 0 aliphatic carbocycles. The van der Waals surface area contributed by atoms with Gasteiger partial charge in [-0.2, -0.15) is 15.0 Å². The fourth-order valence-electron chi connectivity index (χ4n) is 2.66. The lowest BCUT2D eigenvalue weighted by atomic mass is 10.1. The Hall–Kier alpha value is -2.17. The van der Waals surface area contributed by atoms with Crippen LogP contribution in [0.25, 0.3) is 11.4 Å². The molecule has 3 rings (SSSR count). The van der Waals surface area contributed by atoms with Gasteiger partial charge in [0.1, 0.15) is 0 Å². The molecule has 0 atom stereocenters. The summed E-state index contributed by atoms with van der Waals surface area (Å²) in [6.07, 6.45) is 3.71. The van der Waals surface area contributed by atoms with Crippen LogP contribution in [-0.4, -0.2) is 35.1 Å². The predicted molar refractivity (Wildman–Crippen MR) is 85.6 cm³/mol. The molecule has 21 heavy (non-hydrogen) atoms. The summed E-state index contributed by atoms with van der Waals surface area (Å²) in [6.45, 7) is 4.14. The van der Waals surface area contributed by atoms with Crippen molar-refractivity contribution in [2.75, 3.05) is 30.4 Å². The third-order valence-corrected chi connectivity index (χ3v) is 3.87. The molecule has 0 unspecified atom stereocenters. The quantitative estimate of drug-likeness (QED) is 0.938. The molecule has 1 aliphatic rings. The van der Waals surface area contributed by atoms with Gasteiger partial charge >= 0.3 is 0 Å². The van der Waals surface area contributed by atoms with Crippen molar-refractivity contribution < 1.29 is 0 Å². The van der Waals surface area contributed by atoms with Gasteiger partial charge in [0.15, 0.2) is 5.82 Å². The maximum atomic E-state index is 4.70. The molecule has 2 heterocycles. The summed E-state index contributed by atoms with van der Waals surface area (Å²) >= 11 is 0. The number of anilines is 2. The first kappa shape index (κ1) is 13.8. The Balaban J connectivity index is 2.02. The second-order valence-electron chi connectivity index (χ2n) is 5.40. The van der Waals surface area contributed by atoms with E-state index >= 15 is 0 Å². The number of aromatic nitrogens is 3. The number of hydrogen-bond donors (Lipinski definition) is 1. The monoisotopic (exact) mass is 283 g/mol. The number of nitrogens with zero attached hydrogens (tertiary/aromatic N) is 4. The number of hydrogen-bond acceptors (Lipinski definition) is 5. The summed E-state index contributed by atoms with van der Waals surface area (Å²) in [5, 5.41) is 3.05. The average Bonchev–Trinajstić information content (AvgIpc) is 2.55. The van der Waals surface area contributed by atoms with Gasteiger partial charge in [-0.05, 0) is 31.7 Å². The van der Waals surface area contributed by atoms with Crippen molar-refractivity contribution in [1.29, 1.82) is 0 Å². The van der Waals surface area contributed by atoms with Gasteiger partial charge in [0.2, 0.25) is 11.9 Å². The third-order valence-electron chi connectivity index (χ3n) is 3.87. The highest BCUT2D eigenvalue weighted by Crippen LogP contribution is 2.24. The lowest BCUT2D eigenvalue weighted by Crippen LogP contribution is -2.31. The van der Waals surface area contributed by atoms with E-state index < -0.39 is 0 Å². The molecule has 1 fully saturated rings. The Morgan fingerprint density at radius 1 is 1.00 bits per heavy atom. The minimum absolute atomic E-state index is 0.629. The van der Waals surface area contributed by atoms with Gasteiger partial charge in [-0.3, -0.25) is 0 Å². The molecule has 0 saturated carbocycles. The number of nitrogens with one attached hydrogen (secondary N) is 1. The van der Waals surface area contributed by atoms with Crippen molar-refractivity contribution >= 4 is 11.9 Å². The largest absolute Gasteiger partial charge is 0.357 e. The number of rotatable bonds is 3. The van der Waals surface area contributed by atoms with Crippen LogP contribution in [0.2, 0.25) is 0 Å². The molecule has 2 aromatic rings. The SMILES string of the molecule is CNc1nc(-c2ccccc2C)nc(N2CCCCC2)n1. The summed E-state index contributed by atoms with van der Waals surface area (Å²) < 4.78 is 0. The summed E-state index contributed by atoms with van der Waals surface area (Å²) in [6, 6.07) is 8.19. The molecule has 0 spiro atoms. The molecule has 1 aromatic heterocycles. The molecule has 1 saturated heterocycles. The molecular formula is C16H21N5. The van der Waals surface area contributed by atoms with Crippen LogP contribution in [0.1, 0.15) is 24.8 Å². The van der Waals surface area contributed by atoms with Crippen LogP contribution in [0.5, 0.6) is 0 Å². The van der Waals surface area contributed by atoms with Crippen LogP contribution < -0.4 is 10.2 Å². The van der Waals surface area contributed by atoms with E-state index in [1.807, 2.05) is 19.2 Å². The Kier molecular flexibility index (Phi) is 3.99. The van der Waals surface area contributed by atoms with Crippen molar-refractivity contribution in [3.63, 3.8) is 0 Å². The normalized spacial score (nSPS) is 15.0. The lowest BCUT2D eigenvalue weighted by molar-refractivity contribution is 0.568. The van der Waals surface area contributed by atoms with E-state index in [9.17, 15) is 0 Å². The average molecular weight is 283 g/mol. The maximum absolute atomic E-state index is 4.70. The van der Waals surface area contributed by atoms with Gasteiger partial charge in [-0.15, -0.1) is 0 Å². The minimum atomic E-state index is 0.629. The van der Waals surface area contributed by atoms with E-state index in [2.05, 4.69) is 39.2 Å². The number of piperidine rings is 1. The zero-order valence-electron chi connectivity index (χ0n) is 12.6. The van der Waals surface area contributed by atoms with Crippen molar-refractivity contribution in [2.24, 2.45) is 0 Å². The lowest BCUT2D eigenvalue weighted by Gasteiger charge is -2.27. The molecule has 0 radical (unpaired) electrons. The van der Waals surface area contributed by atoms with E-state index in [1.165, 1.54) is 24.8 Å². The Morgan fingerprint density at radius 2 is 1.76 bits per heavy atom. The Bertz CT molecular complexity index is 620. The Morgan fingerprint density at radius 3 is 2.48 bits per heavy atom. The fraction of sp³-hybridized carbons (Fsp3) is 0.438. The molecule has 0 bridgehead atoms. The summed E-state index contributed by atoms with van der Waals surface area (Å²) in [7, 11) is 1.84. The van der Waals surface area contributed by atoms with Crippen molar-refractivity contribution in [1.82, 2.24) is 15.0 Å². The highest BCUT2D eigenvalue weighted by atomic mass is 15.3. The van der Waals surface area contributed by atoms with Crippen LogP contribution in [0.4, 0.5) is 11.9 Å². The smallest absolute Gasteiger partial charge is 0.230 e. The zero-order valence-corrected chi connectivity index (χ0v) is 12.6. The number of benzene rings is 1. The van der Waals surface area contributed by atoms with Gasteiger partial charge in [0, 0.05) is 25.7 Å². The van der Waals surface area contributed by atoms with Gasteiger partial charge in [0.25, 0.3) is 0 Å². The number of aryl methyl sites for hydroxylation is 1. The topological polar surface area (TPSA) is 53.9 Å². The minimum Gasteiger partial charge on any atom is -0.357 e. The molecule has 0 amide bonds. The van der Waals surface area contributed by atoms with Crippen molar-refractivity contribution in [3.8, 4) is 11.4 Å². The maximum Gasteiger partial charge on any atom is 0.230 e. The third kappa shape index (κ3) is 2.96. The van der Waals surface area contributed by atoms with Gasteiger partial charge < -0.3 is 10.2 Å². The van der Waals surface area contributed by atoms with Crippen LogP contribution >= 0.6 is 0 Å². The summed E-state index contributed by atoms with van der Waals surface area (Å²) in [5.74, 6) is 2.16. The van der Waals surface area contributed by atoms with E-state index in [-0.39, 0.29) is 0 Å². The zero-order chi connectivity index (χ0) is 14.7. The van der Waals surface area contributed by atoms with Crippen LogP contribution in [0, 0.1) is 6.92 Å². The molecule has 1 N–H and O–H groups in total. The first-order valence-electron chi connectivity index (χ1n) is 7.53. The van der Waals surface area contributed by atoms with Gasteiger partial charge in [-0.25, -0.2) is 0 Å². The first-order chi connectivity index (χ1) is 10.3. The molecular weight excluding hydrogens is 262 g/mol. The summed E-state index contributed by atoms with van der Waals surface area (Å²) in [4.78, 5) is 16.0. The predicted octanol–water partition coefficient (Wildman–Crippen LogP) is 2.88. The van der Waals surface area contributed by atoms with E-state index in [0.717, 1.165) is 30.4 Å². The first-order valence-corrected chi connectivity index (χ1v) is 7.53. The molecule has 1 aromatic carbocycles. The highest BCUT2D eigenvalue weighted by molar-refractivity contribution is 5.62. The highest BCUT2D eigenvalue weighted by Gasteiger charge is 2.17. The fourth-order valence-corrected chi connectivity index (χ4v) is 2.66. The molecule has 1 aliphatic heterocycles. The van der Waals surface area contributed by atoms with E-state index in [4.69, 9.17) is 4.98 Å². The molecule has 5 nitrogen and oxygen atoms in total. The van der Waals surface area contributed by atoms with Crippen molar-refractivity contribution in [2.45, 2.75) is 26.2 Å². The second-order valence-corrected chi connectivity index (χ2v) is 5.40. The van der Waals surface area contributed by atoms with Gasteiger partial charge in [0.05, 0.1) is 0 Å². The standard InChI is InChI=1S/C16H21N5/c1-12-8-4-5-9-13(12)14-18-15(17-2)20-16(19-14)21-10-6-3-7-11-21/h4-5,8-9H,3,6-7,10-11H2,1-2H3,(H,17,18,19,20). The molecule has 5 heteroatoms. The summed E-state index contributed by atoms with van der Waals surface area (Å²) in [5.41, 5.74) is 2.24. The van der Waals surface area contributed by atoms with E-state index in [0.29, 0.717) is 5.95 Å². The Labute approximate surface area is 125 Å². The van der Waals surface area contributed by atoms with Crippen LogP contribution in [-0.2, 0) is 0 Å². The molecule has 110 valence electrons. The van der Waals surface area contributed by atoms with Gasteiger partial charge in [-0.1, -0.05) is 24.3 Å². The van der Waals surface area contributed by atoms with E-state index in [1.54, 1.807) is 0 Å².